The standard InChI is InChI=1S/C17H18FN3/c1-10(2)21-16-7-5-13(18)9-15(16)20-17(21)12-4-6-14(19)11(3)8-12/h4-10H,19H2,1-3H3. The van der Waals surface area contributed by atoms with Crippen LogP contribution in [-0.2, 0) is 0 Å². The molecular formula is C17H18FN3. The van der Waals surface area contributed by atoms with Gasteiger partial charge in [0.2, 0.25) is 0 Å². The van der Waals surface area contributed by atoms with Gasteiger partial charge >= 0.3 is 0 Å². The van der Waals surface area contributed by atoms with Gasteiger partial charge in [-0.25, -0.2) is 9.37 Å². The average molecular weight is 283 g/mol. The summed E-state index contributed by atoms with van der Waals surface area (Å²) in [7, 11) is 0. The smallest absolute Gasteiger partial charge is 0.141 e. The Balaban J connectivity index is 2.30. The molecule has 0 aliphatic carbocycles. The van der Waals surface area contributed by atoms with Gasteiger partial charge in [-0.1, -0.05) is 0 Å². The van der Waals surface area contributed by atoms with E-state index in [-0.39, 0.29) is 11.9 Å². The Labute approximate surface area is 123 Å². The summed E-state index contributed by atoms with van der Waals surface area (Å²) in [5.41, 5.74) is 10.3. The number of hydrogen-bond donors (Lipinski definition) is 1. The largest absolute Gasteiger partial charge is 0.399 e. The van der Waals surface area contributed by atoms with E-state index in [0.29, 0.717) is 5.52 Å². The minimum Gasteiger partial charge on any atom is -0.399 e. The zero-order chi connectivity index (χ0) is 15.1. The van der Waals surface area contributed by atoms with Crippen molar-refractivity contribution in [2.45, 2.75) is 26.8 Å². The molecule has 3 aromatic rings. The Bertz CT molecular complexity index is 818. The summed E-state index contributed by atoms with van der Waals surface area (Å²) in [5.74, 6) is 0.574. The number of rotatable bonds is 2. The molecule has 2 N–H and O–H groups in total. The molecule has 3 rings (SSSR count). The lowest BCUT2D eigenvalue weighted by Crippen LogP contribution is -2.03. The lowest BCUT2D eigenvalue weighted by Gasteiger charge is -2.14. The molecule has 0 spiro atoms. The summed E-state index contributed by atoms with van der Waals surface area (Å²) in [6, 6.07) is 10.8. The zero-order valence-corrected chi connectivity index (χ0v) is 12.4. The first-order valence-electron chi connectivity index (χ1n) is 7.01. The molecule has 0 aliphatic heterocycles. The van der Waals surface area contributed by atoms with Gasteiger partial charge in [0.25, 0.3) is 0 Å². The van der Waals surface area contributed by atoms with Crippen LogP contribution in [0.2, 0.25) is 0 Å². The molecule has 1 heterocycles. The third kappa shape index (κ3) is 2.27. The van der Waals surface area contributed by atoms with E-state index < -0.39 is 0 Å². The van der Waals surface area contributed by atoms with E-state index in [4.69, 9.17) is 5.73 Å². The normalized spacial score (nSPS) is 11.5. The fourth-order valence-corrected chi connectivity index (χ4v) is 2.61. The molecule has 3 nitrogen and oxygen atoms in total. The van der Waals surface area contributed by atoms with E-state index in [1.165, 1.54) is 12.1 Å². The number of nitrogens with two attached hydrogens (primary N) is 1. The number of halogens is 1. The van der Waals surface area contributed by atoms with Gasteiger partial charge in [0.15, 0.2) is 0 Å². The minimum atomic E-state index is -0.268. The van der Waals surface area contributed by atoms with Crippen LogP contribution in [0.1, 0.15) is 25.5 Å². The molecule has 21 heavy (non-hydrogen) atoms. The Morgan fingerprint density at radius 3 is 2.57 bits per heavy atom. The van der Waals surface area contributed by atoms with Gasteiger partial charge in [-0.2, -0.15) is 0 Å². The molecule has 0 saturated heterocycles. The second kappa shape index (κ2) is 4.88. The monoisotopic (exact) mass is 283 g/mol. The number of aromatic nitrogens is 2. The molecule has 0 saturated carbocycles. The topological polar surface area (TPSA) is 43.8 Å². The summed E-state index contributed by atoms with van der Waals surface area (Å²) in [4.78, 5) is 4.62. The first-order chi connectivity index (χ1) is 9.97. The number of benzene rings is 2. The molecule has 4 heteroatoms. The second-order valence-corrected chi connectivity index (χ2v) is 5.60. The van der Waals surface area contributed by atoms with Gasteiger partial charge in [0.05, 0.1) is 11.0 Å². The van der Waals surface area contributed by atoms with E-state index in [1.54, 1.807) is 6.07 Å². The molecule has 0 aliphatic rings. The van der Waals surface area contributed by atoms with Crippen molar-refractivity contribution in [1.29, 1.82) is 0 Å². The second-order valence-electron chi connectivity index (χ2n) is 5.60. The maximum absolute atomic E-state index is 13.4. The van der Waals surface area contributed by atoms with Crippen molar-refractivity contribution >= 4 is 16.7 Å². The van der Waals surface area contributed by atoms with Crippen LogP contribution >= 0.6 is 0 Å². The summed E-state index contributed by atoms with van der Waals surface area (Å²) in [6.07, 6.45) is 0. The van der Waals surface area contributed by atoms with Crippen LogP contribution in [0.3, 0.4) is 0 Å². The maximum atomic E-state index is 13.4. The zero-order valence-electron chi connectivity index (χ0n) is 12.4. The fraction of sp³-hybridized carbons (Fsp3) is 0.235. The van der Waals surface area contributed by atoms with E-state index in [2.05, 4.69) is 23.4 Å². The molecule has 0 amide bonds. The highest BCUT2D eigenvalue weighted by Crippen LogP contribution is 2.30. The van der Waals surface area contributed by atoms with Gasteiger partial charge in [0.1, 0.15) is 11.6 Å². The van der Waals surface area contributed by atoms with E-state index in [0.717, 1.165) is 28.2 Å². The number of nitrogens with zero attached hydrogens (tertiary/aromatic N) is 2. The summed E-state index contributed by atoms with van der Waals surface area (Å²) in [6.45, 7) is 6.16. The average Bonchev–Trinajstić information content (AvgIpc) is 2.80. The highest BCUT2D eigenvalue weighted by atomic mass is 19.1. The van der Waals surface area contributed by atoms with Crippen LogP contribution in [0, 0.1) is 12.7 Å². The predicted octanol–water partition coefficient (Wildman–Crippen LogP) is 4.31. The SMILES string of the molecule is Cc1cc(-c2nc3cc(F)ccc3n2C(C)C)ccc1N. The van der Waals surface area contributed by atoms with E-state index in [1.807, 2.05) is 25.1 Å². The van der Waals surface area contributed by atoms with Crippen LogP contribution in [0.4, 0.5) is 10.1 Å². The molecule has 0 fully saturated rings. The van der Waals surface area contributed by atoms with Crippen molar-refractivity contribution in [1.82, 2.24) is 9.55 Å². The van der Waals surface area contributed by atoms with E-state index >= 15 is 0 Å². The Kier molecular flexibility index (Phi) is 3.16. The van der Waals surface area contributed by atoms with Gasteiger partial charge < -0.3 is 10.3 Å². The molecule has 0 unspecified atom stereocenters. The molecule has 108 valence electrons. The lowest BCUT2D eigenvalue weighted by atomic mass is 10.1. The third-order valence-electron chi connectivity index (χ3n) is 3.70. The maximum Gasteiger partial charge on any atom is 0.141 e. The lowest BCUT2D eigenvalue weighted by molar-refractivity contribution is 0.620. The van der Waals surface area contributed by atoms with Gasteiger partial charge in [0, 0.05) is 23.4 Å². The van der Waals surface area contributed by atoms with Crippen LogP contribution < -0.4 is 5.73 Å². The highest BCUT2D eigenvalue weighted by molar-refractivity contribution is 5.81. The molecule has 0 radical (unpaired) electrons. The summed E-state index contributed by atoms with van der Waals surface area (Å²) < 4.78 is 15.6. The van der Waals surface area contributed by atoms with Crippen LogP contribution in [0.25, 0.3) is 22.4 Å². The first-order valence-corrected chi connectivity index (χ1v) is 7.01. The molecule has 0 bridgehead atoms. The number of fused-ring (bicyclic) bond motifs is 1. The van der Waals surface area contributed by atoms with Crippen molar-refractivity contribution < 1.29 is 4.39 Å². The van der Waals surface area contributed by atoms with Crippen molar-refractivity contribution in [3.05, 3.63) is 47.8 Å². The Morgan fingerprint density at radius 1 is 1.14 bits per heavy atom. The Morgan fingerprint density at radius 2 is 1.90 bits per heavy atom. The van der Waals surface area contributed by atoms with Gasteiger partial charge in [-0.15, -0.1) is 0 Å². The van der Waals surface area contributed by atoms with Crippen molar-refractivity contribution in [3.8, 4) is 11.4 Å². The minimum absolute atomic E-state index is 0.230. The van der Waals surface area contributed by atoms with Crippen molar-refractivity contribution in [2.24, 2.45) is 0 Å². The molecule has 1 aromatic heterocycles. The Hall–Kier alpha value is -2.36. The van der Waals surface area contributed by atoms with Crippen LogP contribution in [0.15, 0.2) is 36.4 Å². The number of anilines is 1. The van der Waals surface area contributed by atoms with Gasteiger partial charge in [-0.3, -0.25) is 0 Å². The van der Waals surface area contributed by atoms with Crippen molar-refractivity contribution in [2.75, 3.05) is 5.73 Å². The fourth-order valence-electron chi connectivity index (χ4n) is 2.61. The molecular weight excluding hydrogens is 265 g/mol. The number of nitrogen functional groups attached to an aromatic ring is 1. The molecule has 0 atom stereocenters. The van der Waals surface area contributed by atoms with Crippen LogP contribution in [0.5, 0.6) is 0 Å². The number of imidazole rings is 1. The van der Waals surface area contributed by atoms with Gasteiger partial charge in [-0.05, 0) is 56.7 Å². The highest BCUT2D eigenvalue weighted by Gasteiger charge is 2.15. The quantitative estimate of drug-likeness (QED) is 0.712. The molecule has 2 aromatic carbocycles. The predicted molar refractivity (Wildman–Crippen MR) is 84.7 cm³/mol. The first kappa shape index (κ1) is 13.6. The summed E-state index contributed by atoms with van der Waals surface area (Å²) >= 11 is 0. The van der Waals surface area contributed by atoms with Crippen molar-refractivity contribution in [3.63, 3.8) is 0 Å². The van der Waals surface area contributed by atoms with E-state index in [9.17, 15) is 4.39 Å². The number of hydrogen-bond acceptors (Lipinski definition) is 2. The third-order valence-corrected chi connectivity index (χ3v) is 3.70. The number of aryl methyl sites for hydroxylation is 1. The van der Waals surface area contributed by atoms with Crippen LogP contribution in [-0.4, -0.2) is 9.55 Å². The summed E-state index contributed by atoms with van der Waals surface area (Å²) in [5, 5.41) is 0.